The highest BCUT2D eigenvalue weighted by molar-refractivity contribution is 5.76. The number of pyridine rings is 1. The summed E-state index contributed by atoms with van der Waals surface area (Å²) in [7, 11) is 2.11. The number of nitrogens with one attached hydrogen (secondary N) is 1. The van der Waals surface area contributed by atoms with Crippen LogP contribution in [0.3, 0.4) is 0 Å². The highest BCUT2D eigenvalue weighted by atomic mass is 15.2. The van der Waals surface area contributed by atoms with Crippen molar-refractivity contribution in [1.29, 1.82) is 0 Å². The van der Waals surface area contributed by atoms with Crippen molar-refractivity contribution in [2.75, 3.05) is 26.2 Å². The maximum absolute atomic E-state index is 4.94. The molecule has 1 aliphatic rings. The third-order valence-electron chi connectivity index (χ3n) is 4.60. The van der Waals surface area contributed by atoms with E-state index in [0.29, 0.717) is 0 Å². The van der Waals surface area contributed by atoms with Gasteiger partial charge in [0.15, 0.2) is 0 Å². The Balaban J connectivity index is 1.84. The van der Waals surface area contributed by atoms with Gasteiger partial charge in [0.05, 0.1) is 17.1 Å². The van der Waals surface area contributed by atoms with Crippen LogP contribution in [-0.4, -0.2) is 45.6 Å². The fourth-order valence-corrected chi connectivity index (χ4v) is 3.42. The lowest BCUT2D eigenvalue weighted by Crippen LogP contribution is -2.46. The Hall–Kier alpha value is -2.24. The molecule has 1 aliphatic heterocycles. The minimum atomic E-state index is 0.164. The summed E-state index contributed by atoms with van der Waals surface area (Å²) in [5.41, 5.74) is 3.48. The maximum Gasteiger partial charge on any atom is 0.131 e. The number of piperazine rings is 1. The first-order valence-corrected chi connectivity index (χ1v) is 8.10. The van der Waals surface area contributed by atoms with Gasteiger partial charge in [-0.2, -0.15) is 0 Å². The van der Waals surface area contributed by atoms with Crippen LogP contribution in [0.1, 0.15) is 17.4 Å². The van der Waals surface area contributed by atoms with Gasteiger partial charge in [-0.1, -0.05) is 12.1 Å². The van der Waals surface area contributed by atoms with Gasteiger partial charge < -0.3 is 9.88 Å². The van der Waals surface area contributed by atoms with E-state index in [9.17, 15) is 0 Å². The van der Waals surface area contributed by atoms with Crippen molar-refractivity contribution < 1.29 is 0 Å². The zero-order valence-corrected chi connectivity index (χ0v) is 13.3. The molecule has 1 unspecified atom stereocenters. The smallest absolute Gasteiger partial charge is 0.131 e. The van der Waals surface area contributed by atoms with E-state index < -0.39 is 0 Å². The van der Waals surface area contributed by atoms with Crippen molar-refractivity contribution >= 4 is 11.0 Å². The van der Waals surface area contributed by atoms with Crippen LogP contribution in [0.15, 0.2) is 48.8 Å². The number of nitrogens with zero attached hydrogens (tertiary/aromatic N) is 4. The van der Waals surface area contributed by atoms with Gasteiger partial charge in [0.25, 0.3) is 0 Å². The number of para-hydroxylation sites is 2. The molecule has 4 rings (SSSR count). The maximum atomic E-state index is 4.94. The summed E-state index contributed by atoms with van der Waals surface area (Å²) in [5.74, 6) is 1.10. The molecular weight excluding hydrogens is 286 g/mol. The minimum Gasteiger partial charge on any atom is -0.329 e. The second-order valence-electron chi connectivity index (χ2n) is 5.99. The molecule has 118 valence electrons. The van der Waals surface area contributed by atoms with Crippen molar-refractivity contribution in [3.05, 3.63) is 60.2 Å². The summed E-state index contributed by atoms with van der Waals surface area (Å²) < 4.78 is 2.22. The number of fused-ring (bicyclic) bond motifs is 1. The van der Waals surface area contributed by atoms with E-state index in [4.69, 9.17) is 4.98 Å². The Morgan fingerprint density at radius 3 is 2.52 bits per heavy atom. The second-order valence-corrected chi connectivity index (χ2v) is 5.99. The fraction of sp³-hybridized carbons (Fsp3) is 0.333. The molecule has 0 spiro atoms. The van der Waals surface area contributed by atoms with Gasteiger partial charge in [-0.3, -0.25) is 9.88 Å². The Labute approximate surface area is 136 Å². The van der Waals surface area contributed by atoms with Crippen LogP contribution in [0.4, 0.5) is 0 Å². The molecule has 0 radical (unpaired) electrons. The molecule has 0 aliphatic carbocycles. The highest BCUT2D eigenvalue weighted by Crippen LogP contribution is 2.30. The molecule has 1 saturated heterocycles. The summed E-state index contributed by atoms with van der Waals surface area (Å²) in [6.07, 6.45) is 3.74. The van der Waals surface area contributed by atoms with E-state index in [2.05, 4.69) is 57.1 Å². The zero-order valence-electron chi connectivity index (χ0n) is 13.3. The molecule has 0 amide bonds. The van der Waals surface area contributed by atoms with Gasteiger partial charge in [0.2, 0.25) is 0 Å². The number of hydrogen-bond donors (Lipinski definition) is 1. The van der Waals surface area contributed by atoms with Gasteiger partial charge in [-0.15, -0.1) is 0 Å². The number of hydrogen-bond acceptors (Lipinski definition) is 4. The number of aromatic nitrogens is 3. The molecule has 23 heavy (non-hydrogen) atoms. The van der Waals surface area contributed by atoms with Gasteiger partial charge in [-0.25, -0.2) is 4.98 Å². The van der Waals surface area contributed by atoms with Crippen molar-refractivity contribution in [3.8, 4) is 0 Å². The first-order valence-electron chi connectivity index (χ1n) is 8.10. The monoisotopic (exact) mass is 307 g/mol. The first-order chi connectivity index (χ1) is 11.3. The average Bonchev–Trinajstić information content (AvgIpc) is 2.94. The number of aryl methyl sites for hydroxylation is 1. The summed E-state index contributed by atoms with van der Waals surface area (Å²) in [4.78, 5) is 11.6. The standard InChI is InChI=1S/C18H21N5/c1-22-16-5-3-2-4-15(16)21-18(22)17(14-6-8-19-9-7-14)23-12-10-20-11-13-23/h2-9,17,20H,10-13H2,1H3. The van der Waals surface area contributed by atoms with Gasteiger partial charge >= 0.3 is 0 Å². The van der Waals surface area contributed by atoms with Gasteiger partial charge in [-0.05, 0) is 29.8 Å². The lowest BCUT2D eigenvalue weighted by atomic mass is 10.1. The lowest BCUT2D eigenvalue weighted by molar-refractivity contribution is 0.190. The van der Waals surface area contributed by atoms with Crippen molar-refractivity contribution in [2.45, 2.75) is 6.04 Å². The van der Waals surface area contributed by atoms with Gasteiger partial charge in [0.1, 0.15) is 5.82 Å². The topological polar surface area (TPSA) is 46.0 Å². The number of benzene rings is 1. The molecule has 0 saturated carbocycles. The van der Waals surface area contributed by atoms with E-state index in [-0.39, 0.29) is 6.04 Å². The Kier molecular flexibility index (Phi) is 3.81. The molecule has 1 N–H and O–H groups in total. The number of rotatable bonds is 3. The summed E-state index contributed by atoms with van der Waals surface area (Å²) in [5, 5.41) is 3.43. The normalized spacial score (nSPS) is 17.4. The summed E-state index contributed by atoms with van der Waals surface area (Å²) in [6, 6.07) is 12.7. The molecule has 1 atom stereocenters. The van der Waals surface area contributed by atoms with Crippen LogP contribution in [0, 0.1) is 0 Å². The molecule has 1 fully saturated rings. The Morgan fingerprint density at radius 1 is 1.04 bits per heavy atom. The Bertz CT molecular complexity index is 790. The zero-order chi connectivity index (χ0) is 15.6. The predicted molar refractivity (Wildman–Crippen MR) is 91.2 cm³/mol. The summed E-state index contributed by atoms with van der Waals surface area (Å²) in [6.45, 7) is 4.09. The SMILES string of the molecule is Cn1c(C(c2ccncc2)N2CCNCC2)nc2ccccc21. The van der Waals surface area contributed by atoms with E-state index in [1.165, 1.54) is 11.1 Å². The number of imidazole rings is 1. The van der Waals surface area contributed by atoms with Crippen molar-refractivity contribution in [2.24, 2.45) is 7.05 Å². The summed E-state index contributed by atoms with van der Waals surface area (Å²) >= 11 is 0. The van der Waals surface area contributed by atoms with Crippen LogP contribution >= 0.6 is 0 Å². The molecule has 0 bridgehead atoms. The quantitative estimate of drug-likeness (QED) is 0.803. The van der Waals surface area contributed by atoms with Crippen LogP contribution in [0.5, 0.6) is 0 Å². The van der Waals surface area contributed by atoms with E-state index in [0.717, 1.165) is 37.5 Å². The molecule has 2 aromatic heterocycles. The first kappa shape index (κ1) is 14.4. The molecule has 1 aromatic carbocycles. The predicted octanol–water partition coefficient (Wildman–Crippen LogP) is 1.96. The minimum absolute atomic E-state index is 0.164. The second kappa shape index (κ2) is 6.10. The van der Waals surface area contributed by atoms with Gasteiger partial charge in [0, 0.05) is 45.6 Å². The molecule has 5 nitrogen and oxygen atoms in total. The van der Waals surface area contributed by atoms with Crippen LogP contribution in [0.25, 0.3) is 11.0 Å². The highest BCUT2D eigenvalue weighted by Gasteiger charge is 2.27. The molecule has 5 heteroatoms. The molecular formula is C18H21N5. The van der Waals surface area contributed by atoms with Crippen molar-refractivity contribution in [3.63, 3.8) is 0 Å². The van der Waals surface area contributed by atoms with Crippen LogP contribution in [-0.2, 0) is 7.05 Å². The fourth-order valence-electron chi connectivity index (χ4n) is 3.42. The van der Waals surface area contributed by atoms with E-state index in [1.54, 1.807) is 0 Å². The molecule has 3 aromatic rings. The largest absolute Gasteiger partial charge is 0.329 e. The lowest BCUT2D eigenvalue weighted by Gasteiger charge is -2.34. The van der Waals surface area contributed by atoms with Crippen LogP contribution < -0.4 is 5.32 Å². The average molecular weight is 307 g/mol. The van der Waals surface area contributed by atoms with Crippen LogP contribution in [0.2, 0.25) is 0 Å². The van der Waals surface area contributed by atoms with E-state index >= 15 is 0 Å². The molecule has 3 heterocycles. The Morgan fingerprint density at radius 2 is 1.78 bits per heavy atom. The third kappa shape index (κ3) is 2.62. The van der Waals surface area contributed by atoms with E-state index in [1.807, 2.05) is 18.5 Å². The third-order valence-corrected chi connectivity index (χ3v) is 4.60. The van der Waals surface area contributed by atoms with Crippen molar-refractivity contribution in [1.82, 2.24) is 24.8 Å².